The Labute approximate surface area is 122 Å². The third-order valence-corrected chi connectivity index (χ3v) is 4.24. The molecule has 1 fully saturated rings. The molecule has 1 aliphatic rings. The van der Waals surface area contributed by atoms with Crippen LogP contribution in [0, 0.1) is 3.57 Å². The fourth-order valence-corrected chi connectivity index (χ4v) is 3.54. The van der Waals surface area contributed by atoms with Gasteiger partial charge in [-0.25, -0.2) is 0 Å². The molecule has 1 N–H and O–H groups in total. The summed E-state index contributed by atoms with van der Waals surface area (Å²) in [5.41, 5.74) is 1.32. The Hall–Kier alpha value is -0.0000000000000000763. The van der Waals surface area contributed by atoms with E-state index in [1.807, 2.05) is 12.1 Å². The molecule has 1 heterocycles. The van der Waals surface area contributed by atoms with Gasteiger partial charge in [0.2, 0.25) is 0 Å². The van der Waals surface area contributed by atoms with Gasteiger partial charge in [0.15, 0.2) is 0 Å². The molecule has 1 aromatic rings. The summed E-state index contributed by atoms with van der Waals surface area (Å²) in [6, 6.07) is 6.78. The molecular formula is C13H18ClIN2. The first-order valence-electron chi connectivity index (χ1n) is 6.14. The zero-order valence-electron chi connectivity index (χ0n) is 10.0. The number of nitrogens with zero attached hydrogens (tertiary/aromatic N) is 1. The zero-order valence-corrected chi connectivity index (χ0v) is 13.0. The van der Waals surface area contributed by atoms with Crippen LogP contribution in [0.3, 0.4) is 0 Å². The highest BCUT2D eigenvalue weighted by Crippen LogP contribution is 2.26. The third kappa shape index (κ3) is 3.48. The van der Waals surface area contributed by atoms with Gasteiger partial charge in [-0.1, -0.05) is 24.9 Å². The average Bonchev–Trinajstić information content (AvgIpc) is 2.29. The van der Waals surface area contributed by atoms with E-state index >= 15 is 0 Å². The fourth-order valence-electron chi connectivity index (χ4n) is 2.32. The summed E-state index contributed by atoms with van der Waals surface area (Å²) >= 11 is 8.37. The van der Waals surface area contributed by atoms with Gasteiger partial charge in [-0.3, -0.25) is 0 Å². The molecule has 2 rings (SSSR count). The molecule has 0 amide bonds. The van der Waals surface area contributed by atoms with Crippen LogP contribution in [0.25, 0.3) is 0 Å². The number of hydrogen-bond donors (Lipinski definition) is 1. The van der Waals surface area contributed by atoms with Crippen LogP contribution in [0.4, 0.5) is 5.69 Å². The molecule has 1 aromatic carbocycles. The maximum Gasteiger partial charge on any atom is 0.0503 e. The maximum atomic E-state index is 6.00. The number of hydrogen-bond acceptors (Lipinski definition) is 2. The zero-order chi connectivity index (χ0) is 12.3. The van der Waals surface area contributed by atoms with Gasteiger partial charge in [-0.05, 0) is 47.2 Å². The molecule has 2 nitrogen and oxygen atoms in total. The van der Waals surface area contributed by atoms with Crippen molar-refractivity contribution in [1.29, 1.82) is 0 Å². The Morgan fingerprint density at radius 3 is 3.06 bits per heavy atom. The lowest BCUT2D eigenvalue weighted by molar-refractivity contribution is 0.430. The molecule has 1 saturated heterocycles. The van der Waals surface area contributed by atoms with Crippen LogP contribution in [0.5, 0.6) is 0 Å². The van der Waals surface area contributed by atoms with Crippen LogP contribution >= 0.6 is 34.2 Å². The van der Waals surface area contributed by atoms with Crippen LogP contribution in [0.2, 0.25) is 5.02 Å². The smallest absolute Gasteiger partial charge is 0.0503 e. The van der Waals surface area contributed by atoms with E-state index in [1.165, 1.54) is 22.1 Å². The van der Waals surface area contributed by atoms with Gasteiger partial charge in [-0.2, -0.15) is 0 Å². The van der Waals surface area contributed by atoms with E-state index in [4.69, 9.17) is 11.6 Å². The molecule has 1 unspecified atom stereocenters. The summed E-state index contributed by atoms with van der Waals surface area (Å²) in [4.78, 5) is 2.47. The molecule has 0 saturated carbocycles. The van der Waals surface area contributed by atoms with Gasteiger partial charge in [-0.15, -0.1) is 0 Å². The van der Waals surface area contributed by atoms with Crippen molar-refractivity contribution in [1.82, 2.24) is 5.32 Å². The Kier molecular flexibility index (Phi) is 4.94. The van der Waals surface area contributed by atoms with E-state index in [9.17, 15) is 0 Å². The number of rotatable bonds is 3. The molecule has 17 heavy (non-hydrogen) atoms. The number of nitrogens with one attached hydrogen (secondary N) is 1. The Balaban J connectivity index is 2.10. The second-order valence-electron chi connectivity index (χ2n) is 4.48. The number of benzene rings is 1. The second-order valence-corrected chi connectivity index (χ2v) is 6.08. The van der Waals surface area contributed by atoms with Crippen LogP contribution in [-0.4, -0.2) is 25.7 Å². The standard InChI is InChI=1S/C13H18ClIN2/c1-2-3-11-9-17(7-6-16-11)13-5-4-10(14)8-12(13)15/h4-5,8,11,16H,2-3,6-7,9H2,1H3. The minimum atomic E-state index is 0.625. The first kappa shape index (κ1) is 13.4. The number of anilines is 1. The molecule has 0 spiro atoms. The van der Waals surface area contributed by atoms with Gasteiger partial charge >= 0.3 is 0 Å². The quantitative estimate of drug-likeness (QED) is 0.826. The second kappa shape index (κ2) is 6.25. The van der Waals surface area contributed by atoms with Gasteiger partial charge < -0.3 is 10.2 Å². The summed E-state index contributed by atoms with van der Waals surface area (Å²) in [6.45, 7) is 5.50. The molecular weight excluding hydrogens is 347 g/mol. The summed E-state index contributed by atoms with van der Waals surface area (Å²) in [7, 11) is 0. The molecule has 94 valence electrons. The lowest BCUT2D eigenvalue weighted by Gasteiger charge is -2.35. The van der Waals surface area contributed by atoms with Crippen molar-refractivity contribution in [3.63, 3.8) is 0 Å². The minimum Gasteiger partial charge on any atom is -0.368 e. The number of piperazine rings is 1. The van der Waals surface area contributed by atoms with E-state index in [2.05, 4.69) is 45.8 Å². The lowest BCUT2D eigenvalue weighted by Crippen LogP contribution is -2.50. The van der Waals surface area contributed by atoms with Crippen LogP contribution in [0.15, 0.2) is 18.2 Å². The Morgan fingerprint density at radius 2 is 2.35 bits per heavy atom. The molecule has 4 heteroatoms. The molecule has 0 aromatic heterocycles. The summed E-state index contributed by atoms with van der Waals surface area (Å²) in [5, 5.41) is 4.40. The van der Waals surface area contributed by atoms with Crippen molar-refractivity contribution in [3.05, 3.63) is 26.8 Å². The van der Waals surface area contributed by atoms with Crippen molar-refractivity contribution in [3.8, 4) is 0 Å². The average molecular weight is 365 g/mol. The van der Waals surface area contributed by atoms with Crippen molar-refractivity contribution < 1.29 is 0 Å². The predicted molar refractivity (Wildman–Crippen MR) is 83.1 cm³/mol. The highest BCUT2D eigenvalue weighted by molar-refractivity contribution is 14.1. The van der Waals surface area contributed by atoms with E-state index in [1.54, 1.807) is 0 Å². The van der Waals surface area contributed by atoms with Gasteiger partial charge in [0, 0.05) is 34.3 Å². The van der Waals surface area contributed by atoms with Gasteiger partial charge in [0.25, 0.3) is 0 Å². The maximum absolute atomic E-state index is 6.00. The fraction of sp³-hybridized carbons (Fsp3) is 0.538. The van der Waals surface area contributed by atoms with Crippen LogP contribution < -0.4 is 10.2 Å². The topological polar surface area (TPSA) is 15.3 Å². The molecule has 1 atom stereocenters. The third-order valence-electron chi connectivity index (χ3n) is 3.14. The Bertz CT molecular complexity index is 382. The SMILES string of the molecule is CCCC1CN(c2ccc(Cl)cc2I)CCN1. The van der Waals surface area contributed by atoms with Crippen molar-refractivity contribution >= 4 is 39.9 Å². The lowest BCUT2D eigenvalue weighted by atomic mass is 10.1. The van der Waals surface area contributed by atoms with Crippen LogP contribution in [0.1, 0.15) is 19.8 Å². The molecule has 0 bridgehead atoms. The first-order chi connectivity index (χ1) is 8.20. The predicted octanol–water partition coefficient (Wildman–Crippen LogP) is 3.52. The first-order valence-corrected chi connectivity index (χ1v) is 7.59. The van der Waals surface area contributed by atoms with Gasteiger partial charge in [0.1, 0.15) is 0 Å². The summed E-state index contributed by atoms with van der Waals surface area (Å²) < 4.78 is 1.24. The summed E-state index contributed by atoms with van der Waals surface area (Å²) in [5.74, 6) is 0. The van der Waals surface area contributed by atoms with Crippen molar-refractivity contribution in [2.75, 3.05) is 24.5 Å². The van der Waals surface area contributed by atoms with E-state index in [0.29, 0.717) is 6.04 Å². The largest absolute Gasteiger partial charge is 0.368 e. The van der Waals surface area contributed by atoms with Crippen LogP contribution in [-0.2, 0) is 0 Å². The molecule has 0 radical (unpaired) electrons. The molecule has 0 aliphatic carbocycles. The number of halogens is 2. The van der Waals surface area contributed by atoms with Gasteiger partial charge in [0.05, 0.1) is 5.69 Å². The highest BCUT2D eigenvalue weighted by atomic mass is 127. The summed E-state index contributed by atoms with van der Waals surface area (Å²) in [6.07, 6.45) is 2.49. The Morgan fingerprint density at radius 1 is 1.53 bits per heavy atom. The highest BCUT2D eigenvalue weighted by Gasteiger charge is 2.20. The monoisotopic (exact) mass is 364 g/mol. The van der Waals surface area contributed by atoms with E-state index in [-0.39, 0.29) is 0 Å². The normalized spacial score (nSPS) is 20.6. The van der Waals surface area contributed by atoms with E-state index < -0.39 is 0 Å². The minimum absolute atomic E-state index is 0.625. The van der Waals surface area contributed by atoms with E-state index in [0.717, 1.165) is 24.7 Å². The van der Waals surface area contributed by atoms with Crippen molar-refractivity contribution in [2.45, 2.75) is 25.8 Å². The van der Waals surface area contributed by atoms with Crippen molar-refractivity contribution in [2.24, 2.45) is 0 Å². The molecule has 1 aliphatic heterocycles.